The van der Waals surface area contributed by atoms with Gasteiger partial charge in [0.1, 0.15) is 6.17 Å². The van der Waals surface area contributed by atoms with Crippen molar-refractivity contribution < 1.29 is 4.39 Å². The minimum Gasteiger partial charge on any atom is -0.242 e. The molecular formula is C8H11BrClF. The summed E-state index contributed by atoms with van der Waals surface area (Å²) < 4.78 is 13.1. The van der Waals surface area contributed by atoms with Gasteiger partial charge < -0.3 is 0 Å². The summed E-state index contributed by atoms with van der Waals surface area (Å²) in [5.74, 6) is 0. The van der Waals surface area contributed by atoms with Crippen LogP contribution in [0.1, 0.15) is 13.8 Å². The largest absolute Gasteiger partial charge is 0.242 e. The van der Waals surface area contributed by atoms with Crippen LogP contribution in [0, 0.1) is 5.41 Å². The van der Waals surface area contributed by atoms with Crippen LogP contribution in [0.2, 0.25) is 0 Å². The predicted molar refractivity (Wildman–Crippen MR) is 50.2 cm³/mol. The second-order valence-electron chi connectivity index (χ2n) is 3.13. The van der Waals surface area contributed by atoms with Crippen molar-refractivity contribution in [3.8, 4) is 0 Å². The number of halogens is 3. The first-order valence-corrected chi connectivity index (χ1v) is 5.14. The second-order valence-corrected chi connectivity index (χ2v) is 4.34. The molecule has 3 atom stereocenters. The van der Waals surface area contributed by atoms with E-state index in [1.54, 1.807) is 6.08 Å². The SMILES string of the molecule is C[C@H](Cl)[C@]1(C)C(CBr)=CC1F. The minimum atomic E-state index is -0.873. The molecule has 0 fully saturated rings. The van der Waals surface area contributed by atoms with E-state index in [1.807, 2.05) is 13.8 Å². The molecule has 0 saturated carbocycles. The molecule has 1 aliphatic rings. The van der Waals surface area contributed by atoms with E-state index >= 15 is 0 Å². The van der Waals surface area contributed by atoms with Crippen LogP contribution >= 0.6 is 27.5 Å². The highest BCUT2D eigenvalue weighted by molar-refractivity contribution is 9.09. The Morgan fingerprint density at radius 3 is 2.64 bits per heavy atom. The van der Waals surface area contributed by atoms with Crippen molar-refractivity contribution >= 4 is 27.5 Å². The number of hydrogen-bond donors (Lipinski definition) is 0. The quantitative estimate of drug-likeness (QED) is 0.514. The smallest absolute Gasteiger partial charge is 0.129 e. The van der Waals surface area contributed by atoms with Gasteiger partial charge in [-0.3, -0.25) is 0 Å². The Kier molecular flexibility index (Phi) is 2.65. The summed E-state index contributed by atoms with van der Waals surface area (Å²) in [7, 11) is 0. The third-order valence-electron chi connectivity index (χ3n) is 2.58. The van der Waals surface area contributed by atoms with Crippen LogP contribution in [0.5, 0.6) is 0 Å². The van der Waals surface area contributed by atoms with E-state index in [0.717, 1.165) is 10.9 Å². The van der Waals surface area contributed by atoms with Gasteiger partial charge in [-0.1, -0.05) is 28.4 Å². The van der Waals surface area contributed by atoms with Crippen LogP contribution in [0.3, 0.4) is 0 Å². The van der Waals surface area contributed by atoms with Gasteiger partial charge in [0, 0.05) is 16.1 Å². The lowest BCUT2D eigenvalue weighted by Crippen LogP contribution is -2.45. The Morgan fingerprint density at radius 2 is 2.45 bits per heavy atom. The molecule has 1 aliphatic carbocycles. The maximum atomic E-state index is 13.1. The summed E-state index contributed by atoms with van der Waals surface area (Å²) >= 11 is 9.19. The Hall–Kier alpha value is 0.440. The predicted octanol–water partition coefficient (Wildman–Crippen LogP) is 3.29. The van der Waals surface area contributed by atoms with E-state index < -0.39 is 11.6 Å². The third-order valence-corrected chi connectivity index (χ3v) is 3.64. The summed E-state index contributed by atoms with van der Waals surface area (Å²) in [5, 5.41) is 0.580. The Labute approximate surface area is 79.9 Å². The highest BCUT2D eigenvalue weighted by Crippen LogP contribution is 2.48. The van der Waals surface area contributed by atoms with Crippen LogP contribution in [0.4, 0.5) is 4.39 Å². The first kappa shape index (κ1) is 9.53. The van der Waals surface area contributed by atoms with Gasteiger partial charge in [-0.2, -0.15) is 0 Å². The van der Waals surface area contributed by atoms with E-state index in [9.17, 15) is 4.39 Å². The molecule has 0 amide bonds. The van der Waals surface area contributed by atoms with Crippen LogP contribution in [0.25, 0.3) is 0 Å². The standard InChI is InChI=1S/C8H11BrClF/c1-5(10)8(2)6(4-9)3-7(8)11/h3,5,7H,4H2,1-2H3/t5-,7?,8+/m0/s1. The number of hydrogen-bond acceptors (Lipinski definition) is 0. The van der Waals surface area contributed by atoms with Gasteiger partial charge in [-0.25, -0.2) is 4.39 Å². The Morgan fingerprint density at radius 1 is 1.91 bits per heavy atom. The topological polar surface area (TPSA) is 0 Å². The fraction of sp³-hybridized carbons (Fsp3) is 0.750. The zero-order chi connectivity index (χ0) is 8.65. The lowest BCUT2D eigenvalue weighted by Gasteiger charge is -2.43. The molecule has 0 aromatic carbocycles. The summed E-state index contributed by atoms with van der Waals surface area (Å²) in [5.41, 5.74) is 0.637. The molecule has 0 spiro atoms. The fourth-order valence-electron chi connectivity index (χ4n) is 1.27. The van der Waals surface area contributed by atoms with Gasteiger partial charge in [0.2, 0.25) is 0 Å². The summed E-state index contributed by atoms with van der Waals surface area (Å²) in [6.45, 7) is 3.70. The molecule has 11 heavy (non-hydrogen) atoms. The van der Waals surface area contributed by atoms with Crippen molar-refractivity contribution in [2.24, 2.45) is 5.41 Å². The summed E-state index contributed by atoms with van der Waals surface area (Å²) in [4.78, 5) is 0. The molecule has 0 radical (unpaired) electrons. The molecule has 1 unspecified atom stereocenters. The molecule has 0 aromatic rings. The zero-order valence-electron chi connectivity index (χ0n) is 6.57. The van der Waals surface area contributed by atoms with Crippen molar-refractivity contribution in [2.45, 2.75) is 25.4 Å². The molecule has 0 saturated heterocycles. The maximum absolute atomic E-state index is 13.1. The molecule has 3 heteroatoms. The highest BCUT2D eigenvalue weighted by atomic mass is 79.9. The molecule has 0 nitrogen and oxygen atoms in total. The minimum absolute atomic E-state index is 0.143. The van der Waals surface area contributed by atoms with Crippen LogP contribution in [0.15, 0.2) is 11.6 Å². The van der Waals surface area contributed by atoms with Crippen LogP contribution < -0.4 is 0 Å². The first-order chi connectivity index (χ1) is 5.03. The summed E-state index contributed by atoms with van der Waals surface area (Å²) in [6, 6.07) is 0. The lowest BCUT2D eigenvalue weighted by molar-refractivity contribution is 0.167. The molecule has 0 heterocycles. The number of alkyl halides is 3. The Bertz CT molecular complexity index is 191. The fourth-order valence-corrected chi connectivity index (χ4v) is 2.33. The molecule has 0 N–H and O–H groups in total. The van der Waals surface area contributed by atoms with Gasteiger partial charge in [0.15, 0.2) is 0 Å². The average Bonchev–Trinajstić information content (AvgIpc) is 1.97. The van der Waals surface area contributed by atoms with Gasteiger partial charge in [-0.15, -0.1) is 11.6 Å². The van der Waals surface area contributed by atoms with Crippen LogP contribution in [-0.4, -0.2) is 16.9 Å². The third kappa shape index (κ3) is 1.25. The molecule has 0 aromatic heterocycles. The van der Waals surface area contributed by atoms with E-state index in [4.69, 9.17) is 11.6 Å². The average molecular weight is 242 g/mol. The van der Waals surface area contributed by atoms with E-state index in [-0.39, 0.29) is 5.38 Å². The normalized spacial score (nSPS) is 39.4. The summed E-state index contributed by atoms with van der Waals surface area (Å²) in [6.07, 6.45) is 0.760. The van der Waals surface area contributed by atoms with Crippen LogP contribution in [-0.2, 0) is 0 Å². The van der Waals surface area contributed by atoms with E-state index in [1.165, 1.54) is 0 Å². The number of allylic oxidation sites excluding steroid dienone is 2. The van der Waals surface area contributed by atoms with Gasteiger partial charge >= 0.3 is 0 Å². The highest BCUT2D eigenvalue weighted by Gasteiger charge is 2.47. The monoisotopic (exact) mass is 240 g/mol. The zero-order valence-corrected chi connectivity index (χ0v) is 8.91. The van der Waals surface area contributed by atoms with Crippen molar-refractivity contribution in [2.75, 3.05) is 5.33 Å². The molecule has 0 aliphatic heterocycles. The van der Waals surface area contributed by atoms with Gasteiger partial charge in [-0.05, 0) is 13.0 Å². The van der Waals surface area contributed by atoms with Crippen molar-refractivity contribution in [3.05, 3.63) is 11.6 Å². The van der Waals surface area contributed by atoms with Crippen molar-refractivity contribution in [3.63, 3.8) is 0 Å². The lowest BCUT2D eigenvalue weighted by atomic mass is 9.67. The van der Waals surface area contributed by atoms with E-state index in [2.05, 4.69) is 15.9 Å². The van der Waals surface area contributed by atoms with Gasteiger partial charge in [0.05, 0.1) is 0 Å². The Balaban J connectivity index is 2.81. The van der Waals surface area contributed by atoms with Crippen molar-refractivity contribution in [1.82, 2.24) is 0 Å². The number of rotatable bonds is 2. The maximum Gasteiger partial charge on any atom is 0.129 e. The first-order valence-electron chi connectivity index (χ1n) is 3.58. The molecular weight excluding hydrogens is 230 g/mol. The second kappa shape index (κ2) is 3.06. The molecule has 0 bridgehead atoms. The molecule has 64 valence electrons. The van der Waals surface area contributed by atoms with Gasteiger partial charge in [0.25, 0.3) is 0 Å². The molecule has 1 rings (SSSR count). The van der Waals surface area contributed by atoms with E-state index in [0.29, 0.717) is 0 Å². The van der Waals surface area contributed by atoms with Crippen molar-refractivity contribution in [1.29, 1.82) is 0 Å².